The van der Waals surface area contributed by atoms with Crippen molar-refractivity contribution in [1.82, 2.24) is 14.7 Å². The molecule has 0 saturated carbocycles. The van der Waals surface area contributed by atoms with Crippen LogP contribution in [0, 0.1) is 0 Å². The number of aromatic nitrogens is 2. The summed E-state index contributed by atoms with van der Waals surface area (Å²) >= 11 is 0. The monoisotopic (exact) mass is 239 g/mol. The van der Waals surface area contributed by atoms with Crippen molar-refractivity contribution in [1.29, 1.82) is 0 Å². The van der Waals surface area contributed by atoms with Gasteiger partial charge in [-0.2, -0.15) is 5.10 Å². The van der Waals surface area contributed by atoms with Gasteiger partial charge in [0.05, 0.1) is 25.0 Å². The lowest BCUT2D eigenvalue weighted by Gasteiger charge is -2.18. The first-order valence-electron chi connectivity index (χ1n) is 5.91. The Morgan fingerprint density at radius 3 is 2.71 bits per heavy atom. The van der Waals surface area contributed by atoms with Crippen molar-refractivity contribution >= 4 is 5.97 Å². The molecular weight excluding hydrogens is 218 g/mol. The van der Waals surface area contributed by atoms with Gasteiger partial charge < -0.3 is 4.74 Å². The molecule has 0 bridgehead atoms. The van der Waals surface area contributed by atoms with Crippen molar-refractivity contribution in [2.45, 2.75) is 26.8 Å². The number of likely N-dealkylation sites (N-methyl/N-ethyl adjacent to an activating group) is 1. The highest BCUT2D eigenvalue weighted by Gasteiger charge is 2.12. The van der Waals surface area contributed by atoms with Gasteiger partial charge in [0.2, 0.25) is 0 Å². The highest BCUT2D eigenvalue weighted by Crippen LogP contribution is 2.07. The normalized spacial score (nSPS) is 10.9. The van der Waals surface area contributed by atoms with E-state index in [1.807, 2.05) is 23.6 Å². The zero-order chi connectivity index (χ0) is 12.8. The lowest BCUT2D eigenvalue weighted by Crippen LogP contribution is -2.30. The summed E-state index contributed by atoms with van der Waals surface area (Å²) in [5, 5.41) is 4.39. The minimum Gasteiger partial charge on any atom is -0.468 e. The molecule has 0 N–H and O–H groups in total. The lowest BCUT2D eigenvalue weighted by atomic mass is 10.3. The third kappa shape index (κ3) is 3.85. The second-order valence-corrected chi connectivity index (χ2v) is 3.98. The van der Waals surface area contributed by atoms with Gasteiger partial charge in [-0.15, -0.1) is 0 Å². The average molecular weight is 239 g/mol. The number of hydrogen-bond donors (Lipinski definition) is 0. The Labute approximate surface area is 102 Å². The molecule has 0 saturated heterocycles. The van der Waals surface area contributed by atoms with E-state index in [9.17, 15) is 4.79 Å². The fourth-order valence-electron chi connectivity index (χ4n) is 1.65. The van der Waals surface area contributed by atoms with Gasteiger partial charge in [-0.25, -0.2) is 0 Å². The zero-order valence-corrected chi connectivity index (χ0v) is 11.1. The SMILES string of the molecule is CCc1cc(CN(CC)CC(=O)OC)n(C)n1. The minimum atomic E-state index is -0.204. The van der Waals surface area contributed by atoms with Crippen LogP contribution in [0.5, 0.6) is 0 Å². The number of carbonyl (C=O) groups excluding carboxylic acids is 1. The number of carbonyl (C=O) groups is 1. The summed E-state index contributed by atoms with van der Waals surface area (Å²) in [5.41, 5.74) is 2.20. The van der Waals surface area contributed by atoms with E-state index < -0.39 is 0 Å². The number of esters is 1. The van der Waals surface area contributed by atoms with Crippen LogP contribution in [0.15, 0.2) is 6.07 Å². The molecule has 0 atom stereocenters. The smallest absolute Gasteiger partial charge is 0.319 e. The van der Waals surface area contributed by atoms with Crippen molar-refractivity contribution in [3.8, 4) is 0 Å². The molecule has 0 fully saturated rings. The second kappa shape index (κ2) is 6.39. The molecule has 0 spiro atoms. The first kappa shape index (κ1) is 13.7. The molecule has 1 rings (SSSR count). The van der Waals surface area contributed by atoms with Gasteiger partial charge >= 0.3 is 5.97 Å². The molecular formula is C12H21N3O2. The summed E-state index contributed by atoms with van der Waals surface area (Å²) in [6.45, 7) is 5.95. The van der Waals surface area contributed by atoms with Gasteiger partial charge in [0.25, 0.3) is 0 Å². The topological polar surface area (TPSA) is 47.4 Å². The molecule has 17 heavy (non-hydrogen) atoms. The Hall–Kier alpha value is -1.36. The van der Waals surface area contributed by atoms with E-state index in [-0.39, 0.29) is 5.97 Å². The predicted octanol–water partition coefficient (Wildman–Crippen LogP) is 0.977. The molecule has 0 aliphatic carbocycles. The summed E-state index contributed by atoms with van der Waals surface area (Å²) in [6, 6.07) is 2.08. The fourth-order valence-corrected chi connectivity index (χ4v) is 1.65. The number of hydrogen-bond acceptors (Lipinski definition) is 4. The summed E-state index contributed by atoms with van der Waals surface area (Å²) in [6.07, 6.45) is 0.928. The van der Waals surface area contributed by atoms with Crippen molar-refractivity contribution in [3.63, 3.8) is 0 Å². The Morgan fingerprint density at radius 1 is 1.53 bits per heavy atom. The predicted molar refractivity (Wildman–Crippen MR) is 65.6 cm³/mol. The summed E-state index contributed by atoms with van der Waals surface area (Å²) < 4.78 is 6.55. The first-order chi connectivity index (χ1) is 8.10. The maximum Gasteiger partial charge on any atom is 0.319 e. The molecule has 0 unspecified atom stereocenters. The Bertz CT molecular complexity index is 374. The molecule has 0 aliphatic heterocycles. The van der Waals surface area contributed by atoms with Gasteiger partial charge in [0.15, 0.2) is 0 Å². The maximum atomic E-state index is 11.2. The molecule has 0 aliphatic rings. The number of aryl methyl sites for hydroxylation is 2. The fraction of sp³-hybridized carbons (Fsp3) is 0.667. The van der Waals surface area contributed by atoms with Crippen LogP contribution in [0.2, 0.25) is 0 Å². The first-order valence-corrected chi connectivity index (χ1v) is 5.91. The standard InChI is InChI=1S/C12H21N3O2/c1-5-10-7-11(14(3)13-10)8-15(6-2)9-12(16)17-4/h7H,5-6,8-9H2,1-4H3. The molecule has 96 valence electrons. The molecule has 1 heterocycles. The van der Waals surface area contributed by atoms with Crippen molar-refractivity contribution in [2.75, 3.05) is 20.2 Å². The van der Waals surface area contributed by atoms with E-state index >= 15 is 0 Å². The van der Waals surface area contributed by atoms with Crippen LogP contribution in [0.25, 0.3) is 0 Å². The van der Waals surface area contributed by atoms with Crippen LogP contribution in [0.3, 0.4) is 0 Å². The number of rotatable bonds is 6. The van der Waals surface area contributed by atoms with Crippen LogP contribution >= 0.6 is 0 Å². The van der Waals surface area contributed by atoms with E-state index in [1.54, 1.807) is 0 Å². The number of methoxy groups -OCH3 is 1. The third-order valence-corrected chi connectivity index (χ3v) is 2.80. The molecule has 1 aromatic rings. The van der Waals surface area contributed by atoms with Gasteiger partial charge in [-0.1, -0.05) is 13.8 Å². The number of ether oxygens (including phenoxy) is 1. The molecule has 5 heteroatoms. The molecule has 5 nitrogen and oxygen atoms in total. The van der Waals surface area contributed by atoms with Crippen LogP contribution in [-0.4, -0.2) is 40.8 Å². The average Bonchev–Trinajstić information content (AvgIpc) is 2.69. The summed E-state index contributed by atoms with van der Waals surface area (Å²) in [4.78, 5) is 13.3. The largest absolute Gasteiger partial charge is 0.468 e. The van der Waals surface area contributed by atoms with Crippen molar-refractivity contribution < 1.29 is 9.53 Å². The maximum absolute atomic E-state index is 11.2. The minimum absolute atomic E-state index is 0.204. The lowest BCUT2D eigenvalue weighted by molar-refractivity contribution is -0.142. The van der Waals surface area contributed by atoms with Crippen LogP contribution in [0.4, 0.5) is 0 Å². The Kier molecular flexibility index (Phi) is 5.15. The zero-order valence-electron chi connectivity index (χ0n) is 11.1. The Morgan fingerprint density at radius 2 is 2.24 bits per heavy atom. The van der Waals surface area contributed by atoms with E-state index in [1.165, 1.54) is 7.11 Å². The van der Waals surface area contributed by atoms with Crippen molar-refractivity contribution in [3.05, 3.63) is 17.5 Å². The van der Waals surface area contributed by atoms with Crippen LogP contribution < -0.4 is 0 Å². The van der Waals surface area contributed by atoms with Gasteiger partial charge in [0, 0.05) is 13.6 Å². The van der Waals surface area contributed by atoms with E-state index in [2.05, 4.69) is 22.8 Å². The van der Waals surface area contributed by atoms with E-state index in [0.717, 1.165) is 30.9 Å². The Balaban J connectivity index is 2.66. The van der Waals surface area contributed by atoms with Gasteiger partial charge in [-0.3, -0.25) is 14.4 Å². The second-order valence-electron chi connectivity index (χ2n) is 3.98. The van der Waals surface area contributed by atoms with Crippen molar-refractivity contribution in [2.24, 2.45) is 7.05 Å². The summed E-state index contributed by atoms with van der Waals surface area (Å²) in [7, 11) is 3.34. The highest BCUT2D eigenvalue weighted by molar-refractivity contribution is 5.71. The van der Waals surface area contributed by atoms with Gasteiger partial charge in [-0.05, 0) is 19.0 Å². The van der Waals surface area contributed by atoms with Crippen LogP contribution in [-0.2, 0) is 29.5 Å². The number of nitrogens with zero attached hydrogens (tertiary/aromatic N) is 3. The quantitative estimate of drug-likeness (QED) is 0.694. The van der Waals surface area contributed by atoms with Crippen LogP contribution in [0.1, 0.15) is 25.2 Å². The molecule has 0 radical (unpaired) electrons. The van der Waals surface area contributed by atoms with Gasteiger partial charge in [0.1, 0.15) is 0 Å². The molecule has 0 amide bonds. The summed E-state index contributed by atoms with van der Waals surface area (Å²) in [5.74, 6) is -0.204. The highest BCUT2D eigenvalue weighted by atomic mass is 16.5. The third-order valence-electron chi connectivity index (χ3n) is 2.80. The van der Waals surface area contributed by atoms with E-state index in [0.29, 0.717) is 6.54 Å². The van der Waals surface area contributed by atoms with E-state index in [4.69, 9.17) is 0 Å². The molecule has 0 aromatic carbocycles. The molecule has 1 aromatic heterocycles.